The second-order valence-corrected chi connectivity index (χ2v) is 7.32. The maximum atomic E-state index is 14.3. The average Bonchev–Trinajstić information content (AvgIpc) is 2.77. The van der Waals surface area contributed by atoms with Crippen molar-refractivity contribution in [3.05, 3.63) is 11.3 Å². The Morgan fingerprint density at radius 3 is 2.50 bits per heavy atom. The minimum atomic E-state index is -4.58. The number of amides is 1. The van der Waals surface area contributed by atoms with Crippen molar-refractivity contribution >= 4 is 11.9 Å². The smallest absolute Gasteiger partial charge is 0.422 e. The molecule has 1 amide bonds. The number of aromatic nitrogens is 2. The lowest BCUT2D eigenvalue weighted by Crippen LogP contribution is -2.38. The molecule has 0 aliphatic heterocycles. The highest BCUT2D eigenvalue weighted by molar-refractivity contribution is 5.85. The van der Waals surface area contributed by atoms with Gasteiger partial charge in [0.1, 0.15) is 11.5 Å². The number of ether oxygens (including phenoxy) is 1. The van der Waals surface area contributed by atoms with Gasteiger partial charge < -0.3 is 4.74 Å². The number of carbonyl (C=O) groups is 1. The summed E-state index contributed by atoms with van der Waals surface area (Å²) in [6.45, 7) is 0.164. The molecule has 1 aromatic heterocycles. The fourth-order valence-electron chi connectivity index (χ4n) is 3.70. The topological polar surface area (TPSA) is 56.2 Å². The number of alkyl halides is 4. The molecule has 2 fully saturated rings. The van der Waals surface area contributed by atoms with Crippen LogP contribution in [0, 0.1) is 0 Å². The molecule has 2 aliphatic rings. The van der Waals surface area contributed by atoms with Gasteiger partial charge in [0.05, 0.1) is 5.69 Å². The van der Waals surface area contributed by atoms with Gasteiger partial charge in [-0.2, -0.15) is 18.3 Å². The lowest BCUT2D eigenvalue weighted by Gasteiger charge is -2.41. The quantitative estimate of drug-likeness (QED) is 0.751. The van der Waals surface area contributed by atoms with Crippen LogP contribution in [-0.2, 0) is 11.8 Å². The van der Waals surface area contributed by atoms with Crippen LogP contribution in [-0.4, -0.2) is 34.3 Å². The van der Waals surface area contributed by atoms with Crippen molar-refractivity contribution in [1.82, 2.24) is 9.78 Å². The van der Waals surface area contributed by atoms with E-state index < -0.39 is 24.5 Å². The highest BCUT2D eigenvalue weighted by Gasteiger charge is 2.47. The minimum absolute atomic E-state index is 0.0245. The first-order valence-electron chi connectivity index (χ1n) is 8.88. The molecule has 1 heterocycles. The van der Waals surface area contributed by atoms with Crippen LogP contribution >= 0.6 is 0 Å². The van der Waals surface area contributed by atoms with E-state index in [1.165, 1.54) is 4.68 Å². The molecule has 0 saturated heterocycles. The van der Waals surface area contributed by atoms with E-state index in [-0.39, 0.29) is 11.8 Å². The molecule has 0 aromatic carbocycles. The van der Waals surface area contributed by atoms with Gasteiger partial charge in [0.2, 0.25) is 0 Å². The van der Waals surface area contributed by atoms with Crippen LogP contribution in [0.1, 0.15) is 68.5 Å². The molecule has 0 unspecified atom stereocenters. The summed E-state index contributed by atoms with van der Waals surface area (Å²) < 4.78 is 56.6. The maximum Gasteiger partial charge on any atom is 0.422 e. The first kappa shape index (κ1) is 19.0. The van der Waals surface area contributed by atoms with Gasteiger partial charge in [-0.05, 0) is 38.0 Å². The molecule has 1 N–H and O–H groups in total. The van der Waals surface area contributed by atoms with Gasteiger partial charge in [-0.1, -0.05) is 13.3 Å². The molecule has 0 atom stereocenters. The number of carbonyl (C=O) groups excluding carboxylic acids is 1. The van der Waals surface area contributed by atoms with Crippen molar-refractivity contribution in [2.45, 2.75) is 69.1 Å². The average molecular weight is 377 g/mol. The highest BCUT2D eigenvalue weighted by Crippen LogP contribution is 2.53. The van der Waals surface area contributed by atoms with Crippen LogP contribution in [0.3, 0.4) is 0 Å². The first-order valence-corrected chi connectivity index (χ1v) is 8.88. The lowest BCUT2D eigenvalue weighted by atomic mass is 9.67. The van der Waals surface area contributed by atoms with Crippen LogP contribution in [0.4, 0.5) is 28.2 Å². The van der Waals surface area contributed by atoms with E-state index in [1.54, 1.807) is 7.05 Å². The number of hydrogen-bond donors (Lipinski definition) is 1. The van der Waals surface area contributed by atoms with Crippen molar-refractivity contribution in [2.75, 3.05) is 11.9 Å². The molecule has 3 rings (SSSR count). The number of halogens is 4. The minimum Gasteiger partial charge on any atom is -0.440 e. The second kappa shape index (κ2) is 6.74. The predicted octanol–water partition coefficient (Wildman–Crippen LogP) is 4.79. The predicted molar refractivity (Wildman–Crippen MR) is 86.9 cm³/mol. The molecule has 0 radical (unpaired) electrons. The van der Waals surface area contributed by atoms with Gasteiger partial charge >= 0.3 is 12.3 Å². The van der Waals surface area contributed by atoms with Crippen LogP contribution in [0.5, 0.6) is 0 Å². The highest BCUT2D eigenvalue weighted by atomic mass is 19.4. The van der Waals surface area contributed by atoms with Crippen LogP contribution in [0.2, 0.25) is 0 Å². The van der Waals surface area contributed by atoms with Crippen molar-refractivity contribution < 1.29 is 27.1 Å². The normalized spacial score (nSPS) is 26.2. The molecule has 26 heavy (non-hydrogen) atoms. The van der Waals surface area contributed by atoms with Gasteiger partial charge in [-0.3, -0.25) is 10.00 Å². The van der Waals surface area contributed by atoms with Crippen LogP contribution in [0.15, 0.2) is 0 Å². The Morgan fingerprint density at radius 1 is 1.35 bits per heavy atom. The zero-order chi connectivity index (χ0) is 19.1. The summed E-state index contributed by atoms with van der Waals surface area (Å²) in [6.07, 6.45) is -1.63. The van der Waals surface area contributed by atoms with E-state index in [9.17, 15) is 22.4 Å². The molecule has 5 nitrogen and oxygen atoms in total. The van der Waals surface area contributed by atoms with Gasteiger partial charge in [-0.15, -0.1) is 0 Å². The zero-order valence-electron chi connectivity index (χ0n) is 14.8. The first-order chi connectivity index (χ1) is 12.1. The number of hydrogen-bond acceptors (Lipinski definition) is 3. The molecular weight excluding hydrogens is 354 g/mol. The number of aryl methyl sites for hydroxylation is 1. The van der Waals surface area contributed by atoms with Crippen LogP contribution in [0.25, 0.3) is 0 Å². The second-order valence-electron chi connectivity index (χ2n) is 7.32. The summed E-state index contributed by atoms with van der Waals surface area (Å²) in [4.78, 5) is 11.8. The number of nitrogens with zero attached hydrogens (tertiary/aromatic N) is 2. The Hall–Kier alpha value is -1.80. The van der Waals surface area contributed by atoms with E-state index >= 15 is 0 Å². The summed E-state index contributed by atoms with van der Waals surface area (Å²) in [5.74, 6) is 0.515. The Kier molecular flexibility index (Phi) is 4.92. The molecule has 1 aromatic rings. The zero-order valence-corrected chi connectivity index (χ0v) is 14.8. The molecular formula is C17H23F4N3O2. The Balaban J connectivity index is 1.78. The SMILES string of the molecule is CCC1(F)CC(c2nn(C)c(NC(=O)OCC(F)(F)F)c2C2CCC2)C1. The van der Waals surface area contributed by atoms with Gasteiger partial charge in [0, 0.05) is 18.5 Å². The Morgan fingerprint density at radius 2 is 2.00 bits per heavy atom. The molecule has 9 heteroatoms. The molecule has 0 spiro atoms. The van der Waals surface area contributed by atoms with Gasteiger partial charge in [0.25, 0.3) is 0 Å². The van der Waals surface area contributed by atoms with Crippen molar-refractivity contribution in [2.24, 2.45) is 7.05 Å². The molecule has 0 bridgehead atoms. The third kappa shape index (κ3) is 3.81. The Bertz CT molecular complexity index is 676. The van der Waals surface area contributed by atoms with Gasteiger partial charge in [0.15, 0.2) is 6.61 Å². The van der Waals surface area contributed by atoms with E-state index in [2.05, 4.69) is 15.2 Å². The van der Waals surface area contributed by atoms with Crippen LogP contribution < -0.4 is 5.32 Å². The molecule has 146 valence electrons. The van der Waals surface area contributed by atoms with E-state index in [0.29, 0.717) is 25.1 Å². The standard InChI is InChI=1S/C17H23F4N3O2/c1-3-16(18)7-11(8-16)13-12(10-5-4-6-10)14(24(2)23-13)22-15(25)26-9-17(19,20)21/h10-11H,3-9H2,1-2H3,(H,22,25). The van der Waals surface area contributed by atoms with E-state index in [0.717, 1.165) is 30.5 Å². The fourth-order valence-corrected chi connectivity index (χ4v) is 3.70. The monoisotopic (exact) mass is 377 g/mol. The summed E-state index contributed by atoms with van der Waals surface area (Å²) in [5.41, 5.74) is 0.411. The van der Waals surface area contributed by atoms with Crippen molar-refractivity contribution in [3.8, 4) is 0 Å². The summed E-state index contributed by atoms with van der Waals surface area (Å²) in [5, 5.41) is 6.86. The van der Waals surface area contributed by atoms with Gasteiger partial charge in [-0.25, -0.2) is 9.18 Å². The largest absolute Gasteiger partial charge is 0.440 e. The van der Waals surface area contributed by atoms with Crippen molar-refractivity contribution in [3.63, 3.8) is 0 Å². The van der Waals surface area contributed by atoms with Crippen molar-refractivity contribution in [1.29, 1.82) is 0 Å². The maximum absolute atomic E-state index is 14.3. The summed E-state index contributed by atoms with van der Waals surface area (Å²) in [6, 6.07) is 0. The lowest BCUT2D eigenvalue weighted by molar-refractivity contribution is -0.159. The third-order valence-corrected chi connectivity index (χ3v) is 5.46. The fraction of sp³-hybridized carbons (Fsp3) is 0.765. The number of rotatable bonds is 5. The number of nitrogens with one attached hydrogen (secondary N) is 1. The van der Waals surface area contributed by atoms with E-state index in [4.69, 9.17) is 0 Å². The van der Waals surface area contributed by atoms with E-state index in [1.807, 2.05) is 6.92 Å². The molecule has 2 aliphatic carbocycles. The summed E-state index contributed by atoms with van der Waals surface area (Å²) in [7, 11) is 1.62. The summed E-state index contributed by atoms with van der Waals surface area (Å²) >= 11 is 0. The Labute approximate surface area is 149 Å². The third-order valence-electron chi connectivity index (χ3n) is 5.46. The number of anilines is 1. The molecule has 2 saturated carbocycles.